The molecule has 0 aromatic carbocycles. The second-order valence-electron chi connectivity index (χ2n) is 4.49. The molecule has 1 fully saturated rings. The summed E-state index contributed by atoms with van der Waals surface area (Å²) in [5.74, 6) is 0. The molecular formula is C13H15IN2. The summed E-state index contributed by atoms with van der Waals surface area (Å²) in [6.07, 6.45) is 9.35. The number of halogens is 1. The Balaban J connectivity index is 1.91. The summed E-state index contributed by atoms with van der Waals surface area (Å²) in [5, 5.41) is 0. The van der Waals surface area contributed by atoms with Crippen molar-refractivity contribution < 1.29 is 0 Å². The molecule has 1 aliphatic heterocycles. The van der Waals surface area contributed by atoms with Crippen molar-refractivity contribution >= 4 is 31.9 Å². The number of allylic oxidation sites excluding steroid dienone is 1. The summed E-state index contributed by atoms with van der Waals surface area (Å²) in [6, 6.07) is 2.32. The molecule has 3 heteroatoms. The maximum atomic E-state index is 4.59. The Morgan fingerprint density at radius 2 is 2.00 bits per heavy atom. The van der Waals surface area contributed by atoms with Crippen molar-refractivity contribution in [1.29, 1.82) is 0 Å². The highest BCUT2D eigenvalue weighted by atomic mass is 127. The van der Waals surface area contributed by atoms with Crippen molar-refractivity contribution in [3.05, 3.63) is 29.6 Å². The Labute approximate surface area is 110 Å². The summed E-state index contributed by atoms with van der Waals surface area (Å²) in [6.45, 7) is 2.39. The number of nitrogens with zero attached hydrogens (tertiary/aromatic N) is 2. The molecule has 0 saturated carbocycles. The molecule has 2 heterocycles. The van der Waals surface area contributed by atoms with E-state index in [2.05, 4.69) is 44.6 Å². The molecule has 16 heavy (non-hydrogen) atoms. The average molecular weight is 326 g/mol. The van der Waals surface area contributed by atoms with E-state index in [0.29, 0.717) is 0 Å². The van der Waals surface area contributed by atoms with Crippen LogP contribution in [0.4, 0.5) is 5.69 Å². The number of hydrogen-bond acceptors (Lipinski definition) is 2. The van der Waals surface area contributed by atoms with Crippen LogP contribution in [-0.4, -0.2) is 18.1 Å². The number of piperidine rings is 1. The van der Waals surface area contributed by atoms with E-state index in [1.54, 1.807) is 0 Å². The lowest BCUT2D eigenvalue weighted by molar-refractivity contribution is 0.577. The second kappa shape index (κ2) is 4.35. The third kappa shape index (κ3) is 1.85. The molecule has 0 spiro atoms. The van der Waals surface area contributed by atoms with Crippen LogP contribution in [0.25, 0.3) is 3.58 Å². The van der Waals surface area contributed by atoms with Gasteiger partial charge in [0.05, 0.1) is 17.6 Å². The van der Waals surface area contributed by atoms with Crippen LogP contribution in [0.2, 0.25) is 0 Å². The predicted octanol–water partition coefficient (Wildman–Crippen LogP) is 3.40. The van der Waals surface area contributed by atoms with Gasteiger partial charge in [0.1, 0.15) is 0 Å². The number of rotatable bonds is 1. The van der Waals surface area contributed by atoms with Gasteiger partial charge in [0.25, 0.3) is 0 Å². The van der Waals surface area contributed by atoms with Crippen molar-refractivity contribution in [2.75, 3.05) is 18.0 Å². The fourth-order valence-electron chi connectivity index (χ4n) is 2.47. The van der Waals surface area contributed by atoms with E-state index in [0.717, 1.165) is 6.42 Å². The van der Waals surface area contributed by atoms with E-state index < -0.39 is 0 Å². The van der Waals surface area contributed by atoms with Gasteiger partial charge in [-0.05, 0) is 47.9 Å². The van der Waals surface area contributed by atoms with Gasteiger partial charge >= 0.3 is 0 Å². The first-order valence-electron chi connectivity index (χ1n) is 5.94. The largest absolute Gasteiger partial charge is 0.370 e. The first kappa shape index (κ1) is 10.6. The molecule has 3 rings (SSSR count). The SMILES string of the molecule is IC1=CCc2ncc(N3CCCCC3)cc21. The standard InChI is InChI=1S/C13H15IN2/c14-12-4-5-13-11(12)8-10(9-15-13)16-6-2-1-3-7-16/h4,8-9H,1-3,5-7H2. The zero-order valence-electron chi connectivity index (χ0n) is 9.25. The quantitative estimate of drug-likeness (QED) is 0.736. The molecule has 0 amide bonds. The number of aromatic nitrogens is 1. The van der Waals surface area contributed by atoms with Gasteiger partial charge < -0.3 is 4.90 Å². The van der Waals surface area contributed by atoms with Crippen LogP contribution in [0.15, 0.2) is 18.3 Å². The fraction of sp³-hybridized carbons (Fsp3) is 0.462. The summed E-state index contributed by atoms with van der Waals surface area (Å²) in [7, 11) is 0. The molecule has 0 bridgehead atoms. The van der Waals surface area contributed by atoms with Crippen LogP contribution < -0.4 is 4.90 Å². The normalized spacial score (nSPS) is 19.6. The maximum absolute atomic E-state index is 4.59. The average Bonchev–Trinajstić information content (AvgIpc) is 2.72. The van der Waals surface area contributed by atoms with E-state index in [4.69, 9.17) is 0 Å². The van der Waals surface area contributed by atoms with E-state index in [-0.39, 0.29) is 0 Å². The molecule has 1 aromatic rings. The minimum absolute atomic E-state index is 1.01. The third-order valence-electron chi connectivity index (χ3n) is 3.41. The van der Waals surface area contributed by atoms with E-state index in [1.807, 2.05) is 6.20 Å². The van der Waals surface area contributed by atoms with Gasteiger partial charge in [-0.2, -0.15) is 0 Å². The van der Waals surface area contributed by atoms with E-state index in [9.17, 15) is 0 Å². The lowest BCUT2D eigenvalue weighted by atomic mass is 10.1. The zero-order chi connectivity index (χ0) is 11.0. The van der Waals surface area contributed by atoms with Gasteiger partial charge in [-0.25, -0.2) is 0 Å². The van der Waals surface area contributed by atoms with Crippen molar-refractivity contribution in [3.63, 3.8) is 0 Å². The van der Waals surface area contributed by atoms with Gasteiger partial charge in [-0.15, -0.1) is 0 Å². The Morgan fingerprint density at radius 3 is 2.81 bits per heavy atom. The van der Waals surface area contributed by atoms with Crippen molar-refractivity contribution in [3.8, 4) is 0 Å². The Kier molecular flexibility index (Phi) is 2.88. The topological polar surface area (TPSA) is 16.1 Å². The third-order valence-corrected chi connectivity index (χ3v) is 4.43. The van der Waals surface area contributed by atoms with E-state index >= 15 is 0 Å². The molecular weight excluding hydrogens is 311 g/mol. The van der Waals surface area contributed by atoms with Crippen molar-refractivity contribution in [1.82, 2.24) is 4.98 Å². The van der Waals surface area contributed by atoms with Crippen LogP contribution in [0.1, 0.15) is 30.5 Å². The van der Waals surface area contributed by atoms with Gasteiger partial charge in [0, 0.05) is 28.7 Å². The van der Waals surface area contributed by atoms with E-state index in [1.165, 1.54) is 52.9 Å². The molecule has 0 atom stereocenters. The summed E-state index contributed by atoms with van der Waals surface area (Å²) >= 11 is 2.41. The monoisotopic (exact) mass is 326 g/mol. The highest BCUT2D eigenvalue weighted by molar-refractivity contribution is 14.1. The lowest BCUT2D eigenvalue weighted by Gasteiger charge is -2.28. The van der Waals surface area contributed by atoms with Crippen LogP contribution >= 0.6 is 22.6 Å². The molecule has 1 aliphatic carbocycles. The molecule has 0 radical (unpaired) electrons. The fourth-order valence-corrected chi connectivity index (χ4v) is 3.16. The van der Waals surface area contributed by atoms with Crippen LogP contribution in [0, 0.1) is 0 Å². The molecule has 1 aromatic heterocycles. The Hall–Kier alpha value is -0.580. The predicted molar refractivity (Wildman–Crippen MR) is 76.0 cm³/mol. The minimum atomic E-state index is 1.01. The number of pyridine rings is 1. The second-order valence-corrected chi connectivity index (χ2v) is 5.65. The Morgan fingerprint density at radius 1 is 1.19 bits per heavy atom. The summed E-state index contributed by atoms with van der Waals surface area (Å²) in [4.78, 5) is 7.06. The van der Waals surface area contributed by atoms with Gasteiger partial charge in [-0.1, -0.05) is 6.08 Å². The molecule has 84 valence electrons. The molecule has 0 N–H and O–H groups in total. The van der Waals surface area contributed by atoms with Crippen molar-refractivity contribution in [2.45, 2.75) is 25.7 Å². The molecule has 0 unspecified atom stereocenters. The first-order valence-corrected chi connectivity index (χ1v) is 7.02. The van der Waals surface area contributed by atoms with Gasteiger partial charge in [-0.3, -0.25) is 4.98 Å². The molecule has 2 nitrogen and oxygen atoms in total. The van der Waals surface area contributed by atoms with Crippen LogP contribution in [0.5, 0.6) is 0 Å². The lowest BCUT2D eigenvalue weighted by Crippen LogP contribution is -2.29. The highest BCUT2D eigenvalue weighted by Crippen LogP contribution is 2.33. The van der Waals surface area contributed by atoms with Crippen LogP contribution in [-0.2, 0) is 6.42 Å². The smallest absolute Gasteiger partial charge is 0.0559 e. The Bertz CT molecular complexity index is 434. The number of anilines is 1. The maximum Gasteiger partial charge on any atom is 0.0559 e. The summed E-state index contributed by atoms with van der Waals surface area (Å²) in [5.41, 5.74) is 3.90. The van der Waals surface area contributed by atoms with Crippen molar-refractivity contribution in [2.24, 2.45) is 0 Å². The number of fused-ring (bicyclic) bond motifs is 1. The first-order chi connectivity index (χ1) is 7.84. The summed E-state index contributed by atoms with van der Waals surface area (Å²) < 4.78 is 1.36. The highest BCUT2D eigenvalue weighted by Gasteiger charge is 2.17. The van der Waals surface area contributed by atoms with Crippen LogP contribution in [0.3, 0.4) is 0 Å². The zero-order valence-corrected chi connectivity index (χ0v) is 11.4. The minimum Gasteiger partial charge on any atom is -0.370 e. The molecule has 1 saturated heterocycles. The van der Waals surface area contributed by atoms with Gasteiger partial charge in [0.15, 0.2) is 0 Å². The van der Waals surface area contributed by atoms with Gasteiger partial charge in [0.2, 0.25) is 0 Å². The molecule has 2 aliphatic rings. The number of hydrogen-bond donors (Lipinski definition) is 0.